The summed E-state index contributed by atoms with van der Waals surface area (Å²) in [6.45, 7) is 0.00720. The number of carbonyl (C=O) groups excluding carboxylic acids is 1. The average molecular weight is 239 g/mol. The predicted molar refractivity (Wildman–Crippen MR) is 59.9 cm³/mol. The van der Waals surface area contributed by atoms with E-state index in [9.17, 15) is 9.18 Å². The van der Waals surface area contributed by atoms with E-state index >= 15 is 0 Å². The second-order valence-electron chi connectivity index (χ2n) is 4.19. The predicted octanol–water partition coefficient (Wildman–Crippen LogP) is 0.663. The Kier molecular flexibility index (Phi) is 3.40. The monoisotopic (exact) mass is 239 g/mol. The zero-order valence-corrected chi connectivity index (χ0v) is 9.27. The Hall–Kier alpha value is -1.46. The van der Waals surface area contributed by atoms with Crippen LogP contribution in [0.1, 0.15) is 12.0 Å². The summed E-state index contributed by atoms with van der Waals surface area (Å²) in [5.74, 6) is -0.633. The molecule has 1 atom stereocenters. The van der Waals surface area contributed by atoms with Crippen molar-refractivity contribution in [2.75, 3.05) is 18.1 Å². The Balaban J connectivity index is 2.26. The number of hydrogen-bond donors (Lipinski definition) is 2. The Morgan fingerprint density at radius 3 is 2.76 bits per heavy atom. The van der Waals surface area contributed by atoms with Crippen LogP contribution in [0.15, 0.2) is 18.2 Å². The zero-order chi connectivity index (χ0) is 12.4. The van der Waals surface area contributed by atoms with Crippen LogP contribution in [0.2, 0.25) is 0 Å². The fourth-order valence-corrected chi connectivity index (χ4v) is 2.00. The van der Waals surface area contributed by atoms with Crippen LogP contribution in [0.4, 0.5) is 10.1 Å². The average Bonchev–Trinajstić information content (AvgIpc) is 2.71. The maximum absolute atomic E-state index is 13.2. The Morgan fingerprint density at radius 1 is 1.41 bits per heavy atom. The smallest absolute Gasteiger partial charge is 0.227 e. The van der Waals surface area contributed by atoms with Crippen LogP contribution in [-0.4, -0.2) is 29.3 Å². The number of benzene rings is 1. The van der Waals surface area contributed by atoms with Crippen LogP contribution in [0, 0.1) is 11.7 Å². The minimum Gasteiger partial charge on any atom is -0.396 e. The molecule has 0 spiro atoms. The number of halogens is 1. The molecule has 4 nitrogen and oxygen atoms in total. The standard InChI is InChI=1S/C12H14FNO3/c13-11-2-1-10(4-9(11)7-16)14-5-8(6-15)3-12(14)17/h1-2,4,8,15-16H,3,5-7H2. The van der Waals surface area contributed by atoms with Gasteiger partial charge in [0.2, 0.25) is 5.91 Å². The van der Waals surface area contributed by atoms with E-state index in [1.54, 1.807) is 0 Å². The molecule has 0 aromatic heterocycles. The summed E-state index contributed by atoms with van der Waals surface area (Å²) in [4.78, 5) is 13.2. The summed E-state index contributed by atoms with van der Waals surface area (Å²) in [5.41, 5.74) is 0.735. The molecule has 0 bridgehead atoms. The molecule has 1 aromatic rings. The zero-order valence-electron chi connectivity index (χ0n) is 9.27. The first kappa shape index (κ1) is 12.0. The van der Waals surface area contributed by atoms with Crippen molar-refractivity contribution in [2.45, 2.75) is 13.0 Å². The van der Waals surface area contributed by atoms with E-state index in [0.717, 1.165) is 0 Å². The van der Waals surface area contributed by atoms with Crippen LogP contribution in [0.25, 0.3) is 0 Å². The molecule has 1 amide bonds. The van der Waals surface area contributed by atoms with Crippen molar-refractivity contribution >= 4 is 11.6 Å². The third-order valence-electron chi connectivity index (χ3n) is 2.97. The highest BCUT2D eigenvalue weighted by Gasteiger charge is 2.30. The van der Waals surface area contributed by atoms with Crippen molar-refractivity contribution in [3.05, 3.63) is 29.6 Å². The lowest BCUT2D eigenvalue weighted by molar-refractivity contribution is -0.117. The van der Waals surface area contributed by atoms with Gasteiger partial charge in [-0.1, -0.05) is 0 Å². The van der Waals surface area contributed by atoms with Gasteiger partial charge in [-0.15, -0.1) is 0 Å². The second kappa shape index (κ2) is 4.81. The van der Waals surface area contributed by atoms with Crippen molar-refractivity contribution in [3.8, 4) is 0 Å². The van der Waals surface area contributed by atoms with Gasteiger partial charge in [0.15, 0.2) is 0 Å². The van der Waals surface area contributed by atoms with Gasteiger partial charge in [-0.2, -0.15) is 0 Å². The number of aliphatic hydroxyl groups is 2. The summed E-state index contributed by atoms with van der Waals surface area (Å²) in [5, 5.41) is 18.0. The lowest BCUT2D eigenvalue weighted by Gasteiger charge is -2.17. The van der Waals surface area contributed by atoms with E-state index in [0.29, 0.717) is 18.7 Å². The quantitative estimate of drug-likeness (QED) is 0.814. The third-order valence-corrected chi connectivity index (χ3v) is 2.97. The summed E-state index contributed by atoms with van der Waals surface area (Å²) in [6.07, 6.45) is 0.308. The SMILES string of the molecule is O=C1CC(CO)CN1c1ccc(F)c(CO)c1. The molecular weight excluding hydrogens is 225 g/mol. The van der Waals surface area contributed by atoms with Crippen molar-refractivity contribution < 1.29 is 19.4 Å². The molecule has 2 rings (SSSR count). The topological polar surface area (TPSA) is 60.8 Å². The number of anilines is 1. The number of hydrogen-bond acceptors (Lipinski definition) is 3. The van der Waals surface area contributed by atoms with E-state index in [1.165, 1.54) is 23.1 Å². The second-order valence-corrected chi connectivity index (χ2v) is 4.19. The molecule has 0 aliphatic carbocycles. The van der Waals surface area contributed by atoms with Gasteiger partial charge in [-0.05, 0) is 18.2 Å². The lowest BCUT2D eigenvalue weighted by Crippen LogP contribution is -2.25. The van der Waals surface area contributed by atoms with E-state index in [4.69, 9.17) is 10.2 Å². The van der Waals surface area contributed by atoms with Crippen molar-refractivity contribution in [3.63, 3.8) is 0 Å². The number of carbonyl (C=O) groups is 1. The maximum atomic E-state index is 13.2. The van der Waals surface area contributed by atoms with Crippen LogP contribution in [0.5, 0.6) is 0 Å². The van der Waals surface area contributed by atoms with E-state index in [2.05, 4.69) is 0 Å². The van der Waals surface area contributed by atoms with Crippen molar-refractivity contribution in [2.24, 2.45) is 5.92 Å². The first-order valence-corrected chi connectivity index (χ1v) is 5.46. The lowest BCUT2D eigenvalue weighted by atomic mass is 10.1. The van der Waals surface area contributed by atoms with Gasteiger partial charge in [-0.25, -0.2) is 4.39 Å². The van der Waals surface area contributed by atoms with Gasteiger partial charge in [0.25, 0.3) is 0 Å². The fourth-order valence-electron chi connectivity index (χ4n) is 2.00. The number of amides is 1. The molecule has 1 aliphatic heterocycles. The van der Waals surface area contributed by atoms with Gasteiger partial charge < -0.3 is 15.1 Å². The summed E-state index contributed by atoms with van der Waals surface area (Å²) in [6, 6.07) is 4.21. The minimum absolute atomic E-state index is 0.0315. The van der Waals surface area contributed by atoms with Gasteiger partial charge in [0.1, 0.15) is 5.82 Å². The molecule has 0 radical (unpaired) electrons. The number of nitrogens with zero attached hydrogens (tertiary/aromatic N) is 1. The van der Waals surface area contributed by atoms with Crippen LogP contribution < -0.4 is 4.90 Å². The summed E-state index contributed by atoms with van der Waals surface area (Å²) in [7, 11) is 0. The molecule has 1 heterocycles. The maximum Gasteiger partial charge on any atom is 0.227 e. The third kappa shape index (κ3) is 2.30. The van der Waals surface area contributed by atoms with Gasteiger partial charge in [0, 0.05) is 36.7 Å². The first-order valence-electron chi connectivity index (χ1n) is 5.46. The van der Waals surface area contributed by atoms with Crippen LogP contribution in [0.3, 0.4) is 0 Å². The summed E-state index contributed by atoms with van der Waals surface area (Å²) >= 11 is 0. The van der Waals surface area contributed by atoms with Gasteiger partial charge in [-0.3, -0.25) is 4.79 Å². The molecule has 17 heavy (non-hydrogen) atoms. The van der Waals surface area contributed by atoms with E-state index in [1.807, 2.05) is 0 Å². The molecule has 5 heteroatoms. The fraction of sp³-hybridized carbons (Fsp3) is 0.417. The molecule has 92 valence electrons. The Morgan fingerprint density at radius 2 is 2.18 bits per heavy atom. The highest BCUT2D eigenvalue weighted by atomic mass is 19.1. The normalized spacial score (nSPS) is 20.1. The minimum atomic E-state index is -0.485. The van der Waals surface area contributed by atoms with Crippen molar-refractivity contribution in [1.82, 2.24) is 0 Å². The largest absolute Gasteiger partial charge is 0.396 e. The van der Waals surface area contributed by atoms with E-state index < -0.39 is 12.4 Å². The molecule has 1 aliphatic rings. The molecular formula is C12H14FNO3. The van der Waals surface area contributed by atoms with Gasteiger partial charge >= 0.3 is 0 Å². The Labute approximate surface area is 98.3 Å². The van der Waals surface area contributed by atoms with Crippen molar-refractivity contribution in [1.29, 1.82) is 0 Å². The molecule has 0 saturated carbocycles. The molecule has 1 fully saturated rings. The molecule has 1 aromatic carbocycles. The number of aliphatic hydroxyl groups excluding tert-OH is 2. The molecule has 1 saturated heterocycles. The highest BCUT2D eigenvalue weighted by molar-refractivity contribution is 5.95. The van der Waals surface area contributed by atoms with Crippen LogP contribution >= 0.6 is 0 Å². The van der Waals surface area contributed by atoms with Crippen LogP contribution in [-0.2, 0) is 11.4 Å². The summed E-state index contributed by atoms with van der Waals surface area (Å²) < 4.78 is 13.2. The van der Waals surface area contributed by atoms with Gasteiger partial charge in [0.05, 0.1) is 6.61 Å². The molecule has 1 unspecified atom stereocenters. The van der Waals surface area contributed by atoms with E-state index in [-0.39, 0.29) is 24.0 Å². The molecule has 2 N–H and O–H groups in total. The first-order chi connectivity index (χ1) is 8.15. The number of rotatable bonds is 3. The Bertz CT molecular complexity index is 436. The highest BCUT2D eigenvalue weighted by Crippen LogP contribution is 2.26.